The topological polar surface area (TPSA) is 90.7 Å². The Morgan fingerprint density at radius 3 is 2.53 bits per heavy atom. The van der Waals surface area contributed by atoms with Gasteiger partial charge in [-0.2, -0.15) is 0 Å². The van der Waals surface area contributed by atoms with E-state index in [0.717, 1.165) is 53.3 Å². The Morgan fingerprint density at radius 2 is 1.97 bits per heavy atom. The first kappa shape index (κ1) is 24.3. The number of halogens is 2. The molecular weight excluding hydrogens is 489 g/mol. The molecule has 0 spiro atoms. The summed E-state index contributed by atoms with van der Waals surface area (Å²) in [4.78, 5) is 15.5. The molecule has 0 radical (unpaired) electrons. The van der Waals surface area contributed by atoms with Crippen LogP contribution < -0.4 is 0 Å². The van der Waals surface area contributed by atoms with Crippen molar-refractivity contribution in [2.24, 2.45) is 11.3 Å². The predicted octanol–water partition coefficient (Wildman–Crippen LogP) is 5.54. The van der Waals surface area contributed by atoms with E-state index in [-0.39, 0.29) is 34.1 Å². The van der Waals surface area contributed by atoms with E-state index in [4.69, 9.17) is 28.3 Å². The zero-order valence-electron chi connectivity index (χ0n) is 17.5. The fourth-order valence-electron chi connectivity index (χ4n) is 4.96. The van der Waals surface area contributed by atoms with Crippen molar-refractivity contribution in [3.05, 3.63) is 46.5 Å². The lowest BCUT2D eigenvalue weighted by molar-refractivity contribution is -0.0734. The SMILES string of the molecule is O=C(O)c1cnc(SCCC2C(Cl)CC(Cl)C2c2ccc(C(O)C3(CO)CCC3)cc2)s1. The number of carbonyl (C=O) groups is 1. The van der Waals surface area contributed by atoms with Crippen LogP contribution in [0.2, 0.25) is 0 Å². The molecule has 0 saturated heterocycles. The maximum Gasteiger partial charge on any atom is 0.347 e. The minimum absolute atomic E-state index is 0.00300. The second-order valence-electron chi connectivity index (χ2n) is 8.83. The van der Waals surface area contributed by atoms with Crippen molar-refractivity contribution in [3.63, 3.8) is 0 Å². The minimum atomic E-state index is -0.952. The number of benzene rings is 1. The summed E-state index contributed by atoms with van der Waals surface area (Å²) in [7, 11) is 0. The van der Waals surface area contributed by atoms with Crippen molar-refractivity contribution < 1.29 is 20.1 Å². The van der Waals surface area contributed by atoms with Crippen molar-refractivity contribution in [3.8, 4) is 0 Å². The molecule has 5 atom stereocenters. The molecule has 174 valence electrons. The van der Waals surface area contributed by atoms with Crippen LogP contribution in [0.1, 0.15) is 64.9 Å². The number of hydrogen-bond donors (Lipinski definition) is 3. The van der Waals surface area contributed by atoms with E-state index < -0.39 is 17.5 Å². The van der Waals surface area contributed by atoms with Gasteiger partial charge in [0, 0.05) is 27.8 Å². The van der Waals surface area contributed by atoms with Gasteiger partial charge in [0.05, 0.1) is 18.9 Å². The van der Waals surface area contributed by atoms with Crippen molar-refractivity contribution in [2.45, 2.75) is 59.2 Å². The first-order valence-electron chi connectivity index (χ1n) is 10.8. The quantitative estimate of drug-likeness (QED) is 0.300. The second kappa shape index (κ2) is 10.2. The first-order chi connectivity index (χ1) is 15.3. The zero-order valence-corrected chi connectivity index (χ0v) is 20.6. The summed E-state index contributed by atoms with van der Waals surface area (Å²) in [6.07, 6.45) is 5.06. The molecule has 1 aromatic heterocycles. The molecule has 2 fully saturated rings. The monoisotopic (exact) mass is 515 g/mol. The molecule has 9 heteroatoms. The van der Waals surface area contributed by atoms with Gasteiger partial charge in [-0.15, -0.1) is 34.5 Å². The standard InChI is InChI=1S/C23H27Cl2NO4S2/c24-16-10-17(25)19(15(16)6-9-31-22-26-11-18(32-22)21(29)30)13-2-4-14(5-3-13)20(28)23(12-27)7-1-8-23/h2-5,11,15-17,19-20,27-28H,1,6-10,12H2,(H,29,30). The Labute approximate surface area is 206 Å². The molecule has 2 aliphatic carbocycles. The Hall–Kier alpha value is -0.830. The van der Waals surface area contributed by atoms with Crippen LogP contribution in [0, 0.1) is 11.3 Å². The zero-order chi connectivity index (χ0) is 22.9. The number of nitrogens with zero attached hydrogens (tertiary/aromatic N) is 1. The van der Waals surface area contributed by atoms with Crippen molar-refractivity contribution in [2.75, 3.05) is 12.4 Å². The van der Waals surface area contributed by atoms with Crippen molar-refractivity contribution in [1.82, 2.24) is 4.98 Å². The molecule has 3 N–H and O–H groups in total. The number of hydrogen-bond acceptors (Lipinski definition) is 6. The van der Waals surface area contributed by atoms with Crippen LogP contribution in [0.4, 0.5) is 0 Å². The highest BCUT2D eigenvalue weighted by atomic mass is 35.5. The summed E-state index contributed by atoms with van der Waals surface area (Å²) in [6.45, 7) is 0.00300. The van der Waals surface area contributed by atoms with E-state index in [2.05, 4.69) is 4.98 Å². The average molecular weight is 517 g/mol. The van der Waals surface area contributed by atoms with Gasteiger partial charge in [-0.1, -0.05) is 42.4 Å². The lowest BCUT2D eigenvalue weighted by Crippen LogP contribution is -2.39. The molecule has 4 rings (SSSR count). The van der Waals surface area contributed by atoms with E-state index >= 15 is 0 Å². The molecule has 5 unspecified atom stereocenters. The van der Waals surface area contributed by atoms with Gasteiger partial charge in [-0.3, -0.25) is 0 Å². The molecule has 1 aromatic carbocycles. The Morgan fingerprint density at radius 1 is 1.25 bits per heavy atom. The summed E-state index contributed by atoms with van der Waals surface area (Å²) in [5.41, 5.74) is 1.55. The van der Waals surface area contributed by atoms with E-state index in [1.807, 2.05) is 24.3 Å². The molecular formula is C23H27Cl2NO4S2. The van der Waals surface area contributed by atoms with Crippen LogP contribution in [-0.2, 0) is 0 Å². The number of rotatable bonds is 9. The minimum Gasteiger partial charge on any atom is -0.477 e. The number of aromatic carboxylic acids is 1. The normalized spacial score (nSPS) is 27.8. The fourth-order valence-corrected chi connectivity index (χ4v) is 7.98. The van der Waals surface area contributed by atoms with Gasteiger partial charge in [0.2, 0.25) is 0 Å². The third-order valence-corrected chi connectivity index (χ3v) is 10.1. The summed E-state index contributed by atoms with van der Waals surface area (Å²) in [5.74, 6) is 0.159. The maximum absolute atomic E-state index is 11.0. The van der Waals surface area contributed by atoms with Crippen LogP contribution in [0.15, 0.2) is 34.8 Å². The number of aliphatic hydroxyl groups is 2. The molecule has 1 heterocycles. The molecule has 2 aliphatic rings. The molecule has 2 saturated carbocycles. The van der Waals surface area contributed by atoms with Gasteiger partial charge in [-0.05, 0) is 42.7 Å². The number of thiazole rings is 1. The lowest BCUT2D eigenvalue weighted by atomic mass is 9.64. The Balaban J connectivity index is 1.42. The number of alkyl halides is 2. The largest absolute Gasteiger partial charge is 0.477 e. The highest BCUT2D eigenvalue weighted by molar-refractivity contribution is 8.01. The van der Waals surface area contributed by atoms with Crippen LogP contribution in [0.3, 0.4) is 0 Å². The predicted molar refractivity (Wildman–Crippen MR) is 129 cm³/mol. The number of carboxylic acids is 1. The highest BCUT2D eigenvalue weighted by Gasteiger charge is 2.44. The van der Waals surface area contributed by atoms with Crippen LogP contribution in [-0.4, -0.2) is 49.4 Å². The third kappa shape index (κ3) is 4.84. The lowest BCUT2D eigenvalue weighted by Gasteiger charge is -2.44. The number of thioether (sulfide) groups is 1. The van der Waals surface area contributed by atoms with Gasteiger partial charge in [-0.25, -0.2) is 9.78 Å². The Kier molecular flexibility index (Phi) is 7.74. The van der Waals surface area contributed by atoms with E-state index in [1.165, 1.54) is 17.5 Å². The van der Waals surface area contributed by atoms with E-state index in [9.17, 15) is 15.0 Å². The molecule has 0 aliphatic heterocycles. The van der Waals surface area contributed by atoms with Gasteiger partial charge < -0.3 is 15.3 Å². The molecule has 5 nitrogen and oxygen atoms in total. The number of aliphatic hydroxyl groups excluding tert-OH is 2. The molecule has 0 amide bonds. The van der Waals surface area contributed by atoms with Crippen LogP contribution in [0.5, 0.6) is 0 Å². The highest BCUT2D eigenvalue weighted by Crippen LogP contribution is 2.51. The maximum atomic E-state index is 11.0. The molecule has 32 heavy (non-hydrogen) atoms. The van der Waals surface area contributed by atoms with Crippen molar-refractivity contribution >= 4 is 52.3 Å². The number of carboxylic acid groups (broad SMARTS) is 1. The van der Waals surface area contributed by atoms with E-state index in [1.54, 1.807) is 11.8 Å². The van der Waals surface area contributed by atoms with E-state index in [0.29, 0.717) is 0 Å². The molecule has 0 bridgehead atoms. The summed E-state index contributed by atoms with van der Waals surface area (Å²) in [5, 5.41) is 29.5. The second-order valence-corrected chi connectivity index (χ2v) is 12.3. The summed E-state index contributed by atoms with van der Waals surface area (Å²) in [6, 6.07) is 7.99. The summed E-state index contributed by atoms with van der Waals surface area (Å²) < 4.78 is 0.748. The average Bonchev–Trinajstić information content (AvgIpc) is 3.32. The fraction of sp³-hybridized carbons (Fsp3) is 0.565. The van der Waals surface area contributed by atoms with Gasteiger partial charge in [0.25, 0.3) is 0 Å². The van der Waals surface area contributed by atoms with Crippen LogP contribution in [0.25, 0.3) is 0 Å². The van der Waals surface area contributed by atoms with Crippen LogP contribution >= 0.6 is 46.3 Å². The van der Waals surface area contributed by atoms with Gasteiger partial charge >= 0.3 is 5.97 Å². The first-order valence-corrected chi connectivity index (χ1v) is 13.5. The van der Waals surface area contributed by atoms with Gasteiger partial charge in [0.15, 0.2) is 4.34 Å². The van der Waals surface area contributed by atoms with Gasteiger partial charge in [0.1, 0.15) is 4.88 Å². The summed E-state index contributed by atoms with van der Waals surface area (Å²) >= 11 is 16.1. The Bertz CT molecular complexity index is 929. The van der Waals surface area contributed by atoms with Crippen molar-refractivity contribution in [1.29, 1.82) is 0 Å². The number of aromatic nitrogens is 1. The molecule has 2 aromatic rings. The third-order valence-electron chi connectivity index (χ3n) is 7.02. The smallest absolute Gasteiger partial charge is 0.347 e.